The first-order valence-electron chi connectivity index (χ1n) is 8.65. The molecular weight excluding hydrogens is 417 g/mol. The SMILES string of the molecule is C[C@]1(N(c2ccc(C(F)(F)F)cn2)[SH](=O)=O)C=C(C(=O)O)[C@@]2(O)[C@H](CC[C@H]2O)C1. The number of hydrogen-bond donors (Lipinski definition) is 4. The van der Waals surface area contributed by atoms with Gasteiger partial charge in [0.15, 0.2) is 0 Å². The summed E-state index contributed by atoms with van der Waals surface area (Å²) in [4.78, 5) is 15.4. The molecule has 1 aromatic heterocycles. The van der Waals surface area contributed by atoms with Crippen molar-refractivity contribution in [2.75, 3.05) is 4.31 Å². The highest BCUT2D eigenvalue weighted by atomic mass is 32.2. The van der Waals surface area contributed by atoms with E-state index in [1.807, 2.05) is 0 Å². The van der Waals surface area contributed by atoms with E-state index < -0.39 is 57.3 Å². The smallest absolute Gasteiger partial charge is 0.417 e. The van der Waals surface area contributed by atoms with Crippen molar-refractivity contribution in [1.82, 2.24) is 4.98 Å². The molecule has 3 N–H and O–H groups in total. The van der Waals surface area contributed by atoms with Gasteiger partial charge in [-0.1, -0.05) is 0 Å². The minimum Gasteiger partial charge on any atom is -0.478 e. The van der Waals surface area contributed by atoms with Gasteiger partial charge in [0.1, 0.15) is 11.4 Å². The van der Waals surface area contributed by atoms with Crippen molar-refractivity contribution in [1.29, 1.82) is 0 Å². The molecule has 2 aliphatic carbocycles. The Balaban J connectivity index is 2.11. The molecule has 0 aromatic carbocycles. The summed E-state index contributed by atoms with van der Waals surface area (Å²) < 4.78 is 63.1. The number of rotatable bonds is 4. The number of pyridine rings is 1. The predicted octanol–water partition coefficient (Wildman–Crippen LogP) is 1.11. The molecule has 0 bridgehead atoms. The van der Waals surface area contributed by atoms with Crippen LogP contribution in [0.3, 0.4) is 0 Å². The number of carbonyl (C=O) groups is 1. The predicted molar refractivity (Wildman–Crippen MR) is 94.5 cm³/mol. The van der Waals surface area contributed by atoms with Crippen LogP contribution in [0.4, 0.5) is 19.0 Å². The molecule has 0 amide bonds. The first-order valence-corrected chi connectivity index (χ1v) is 9.78. The van der Waals surface area contributed by atoms with Crippen LogP contribution in [0.5, 0.6) is 0 Å². The minimum atomic E-state index is -4.66. The Labute approximate surface area is 165 Å². The second kappa shape index (κ2) is 6.96. The zero-order valence-corrected chi connectivity index (χ0v) is 16.0. The Bertz CT molecular complexity index is 924. The molecule has 1 aromatic rings. The largest absolute Gasteiger partial charge is 0.478 e. The quantitative estimate of drug-likeness (QED) is 0.521. The fourth-order valence-corrected chi connectivity index (χ4v) is 5.10. The molecule has 0 saturated heterocycles. The third-order valence-corrected chi connectivity index (χ3v) is 6.62. The van der Waals surface area contributed by atoms with E-state index in [9.17, 15) is 41.7 Å². The molecule has 4 atom stereocenters. The normalized spacial score (nSPS) is 32.0. The minimum absolute atomic E-state index is 0.0522. The van der Waals surface area contributed by atoms with Gasteiger partial charge in [-0.3, -0.25) is 0 Å². The number of hydrogen-bond acceptors (Lipinski definition) is 6. The van der Waals surface area contributed by atoms with E-state index in [0.717, 1.165) is 16.4 Å². The van der Waals surface area contributed by atoms with Crippen molar-refractivity contribution in [2.45, 2.75) is 49.6 Å². The number of carboxylic acid groups (broad SMARTS) is 1. The van der Waals surface area contributed by atoms with Crippen molar-refractivity contribution in [2.24, 2.45) is 5.92 Å². The molecule has 1 fully saturated rings. The fraction of sp³-hybridized carbons (Fsp3) is 0.529. The number of aliphatic carboxylic acids is 1. The van der Waals surface area contributed by atoms with Crippen molar-refractivity contribution in [3.05, 3.63) is 35.5 Å². The number of halogens is 3. The lowest BCUT2D eigenvalue weighted by atomic mass is 9.69. The maximum atomic E-state index is 12.8. The van der Waals surface area contributed by atoms with E-state index in [0.29, 0.717) is 12.3 Å². The summed E-state index contributed by atoms with van der Waals surface area (Å²) >= 11 is 0. The van der Waals surface area contributed by atoms with Crippen molar-refractivity contribution < 1.29 is 41.7 Å². The number of aliphatic hydroxyl groups is 2. The molecular formula is C17H19F3N2O6S. The van der Waals surface area contributed by atoms with Gasteiger partial charge in [0, 0.05) is 6.20 Å². The summed E-state index contributed by atoms with van der Waals surface area (Å²) in [6, 6.07) is 1.57. The van der Waals surface area contributed by atoms with Gasteiger partial charge in [0.05, 0.1) is 22.8 Å². The van der Waals surface area contributed by atoms with Crippen LogP contribution in [-0.4, -0.2) is 51.9 Å². The topological polar surface area (TPSA) is 128 Å². The van der Waals surface area contributed by atoms with Crippen LogP contribution in [0.15, 0.2) is 30.0 Å². The van der Waals surface area contributed by atoms with Crippen LogP contribution in [-0.2, 0) is 21.9 Å². The lowest BCUT2D eigenvalue weighted by Gasteiger charge is -2.46. The number of fused-ring (bicyclic) bond motifs is 1. The fourth-order valence-electron chi connectivity index (χ4n) is 4.30. The summed E-state index contributed by atoms with van der Waals surface area (Å²) in [7, 11) is -3.43. The van der Waals surface area contributed by atoms with Crippen LogP contribution in [0, 0.1) is 5.92 Å². The van der Waals surface area contributed by atoms with Gasteiger partial charge in [-0.25, -0.2) is 22.5 Å². The van der Waals surface area contributed by atoms with Gasteiger partial charge in [0.25, 0.3) is 0 Å². The van der Waals surface area contributed by atoms with Crippen LogP contribution >= 0.6 is 0 Å². The molecule has 0 spiro atoms. The lowest BCUT2D eigenvalue weighted by molar-refractivity contribution is -0.140. The lowest BCUT2D eigenvalue weighted by Crippen LogP contribution is -2.57. The third kappa shape index (κ3) is 3.49. The van der Waals surface area contributed by atoms with Crippen molar-refractivity contribution >= 4 is 22.7 Å². The van der Waals surface area contributed by atoms with Gasteiger partial charge in [-0.05, 0) is 50.3 Å². The molecule has 29 heavy (non-hydrogen) atoms. The van der Waals surface area contributed by atoms with E-state index >= 15 is 0 Å². The molecule has 160 valence electrons. The average Bonchev–Trinajstić information content (AvgIpc) is 2.89. The number of alkyl halides is 3. The second-order valence-electron chi connectivity index (χ2n) is 7.49. The average molecular weight is 436 g/mol. The molecule has 0 unspecified atom stereocenters. The van der Waals surface area contributed by atoms with Crippen molar-refractivity contribution in [3.63, 3.8) is 0 Å². The highest BCUT2D eigenvalue weighted by Gasteiger charge is 2.59. The molecule has 2 aliphatic rings. The molecule has 3 rings (SSSR count). The molecule has 12 heteroatoms. The highest BCUT2D eigenvalue weighted by molar-refractivity contribution is 7.74. The Morgan fingerprint density at radius 3 is 2.45 bits per heavy atom. The van der Waals surface area contributed by atoms with E-state index in [1.165, 1.54) is 6.92 Å². The molecule has 0 aliphatic heterocycles. The maximum Gasteiger partial charge on any atom is 0.417 e. The van der Waals surface area contributed by atoms with E-state index in [1.54, 1.807) is 0 Å². The molecule has 0 radical (unpaired) electrons. The van der Waals surface area contributed by atoms with E-state index in [4.69, 9.17) is 0 Å². The first-order chi connectivity index (χ1) is 13.3. The molecule has 1 saturated carbocycles. The summed E-state index contributed by atoms with van der Waals surface area (Å²) in [6.45, 7) is 1.39. The monoisotopic (exact) mass is 436 g/mol. The Hall–Kier alpha value is -2.18. The van der Waals surface area contributed by atoms with Gasteiger partial charge >= 0.3 is 12.1 Å². The van der Waals surface area contributed by atoms with Crippen LogP contribution < -0.4 is 4.31 Å². The van der Waals surface area contributed by atoms with Gasteiger partial charge in [-0.2, -0.15) is 13.2 Å². The number of anilines is 1. The molecule has 8 nitrogen and oxygen atoms in total. The summed E-state index contributed by atoms with van der Waals surface area (Å²) in [5.74, 6) is -2.60. The van der Waals surface area contributed by atoms with E-state index in [-0.39, 0.29) is 25.1 Å². The number of carboxylic acids is 1. The van der Waals surface area contributed by atoms with Gasteiger partial charge < -0.3 is 15.3 Å². The van der Waals surface area contributed by atoms with Gasteiger partial charge in [-0.15, -0.1) is 0 Å². The van der Waals surface area contributed by atoms with Crippen LogP contribution in [0.2, 0.25) is 0 Å². The zero-order valence-electron chi connectivity index (χ0n) is 15.1. The number of nitrogens with zero attached hydrogens (tertiary/aromatic N) is 2. The first kappa shape index (κ1) is 21.5. The third-order valence-electron chi connectivity index (χ3n) is 5.64. The molecule has 1 heterocycles. The summed E-state index contributed by atoms with van der Waals surface area (Å²) in [6.07, 6.45) is -4.12. The van der Waals surface area contributed by atoms with Crippen molar-refractivity contribution in [3.8, 4) is 0 Å². The number of thiol groups is 1. The van der Waals surface area contributed by atoms with Gasteiger partial charge in [0.2, 0.25) is 10.9 Å². The Morgan fingerprint density at radius 2 is 1.97 bits per heavy atom. The van der Waals surface area contributed by atoms with Crippen LogP contribution in [0.25, 0.3) is 0 Å². The standard InChI is InChI=1S/C17H19F3N2O6S/c1-15(6-9-2-4-12(23)16(9,26)11(7-15)14(24)25)22(29(27)28)13-5-3-10(8-21-13)17(18,19)20/h3,5,7-9,12,23,26,29H,2,4,6H2,1H3,(H,24,25)/t9-,12-,15-,16+/m1/s1. The number of aromatic nitrogens is 1. The van der Waals surface area contributed by atoms with E-state index in [2.05, 4.69) is 4.98 Å². The summed E-state index contributed by atoms with van der Waals surface area (Å²) in [5.41, 5.74) is -5.16. The number of aliphatic hydroxyl groups excluding tert-OH is 1. The summed E-state index contributed by atoms with van der Waals surface area (Å²) in [5, 5.41) is 30.6. The maximum absolute atomic E-state index is 12.8. The Morgan fingerprint density at radius 1 is 1.31 bits per heavy atom. The Kier molecular flexibility index (Phi) is 5.16. The highest BCUT2D eigenvalue weighted by Crippen LogP contribution is 2.51. The van der Waals surface area contributed by atoms with Crippen LogP contribution in [0.1, 0.15) is 31.7 Å². The second-order valence-corrected chi connectivity index (χ2v) is 8.37. The zero-order chi connectivity index (χ0) is 21.8.